The quantitative estimate of drug-likeness (QED) is 0.868. The molecule has 3 rings (SSSR count). The van der Waals surface area contributed by atoms with Gasteiger partial charge in [0.25, 0.3) is 5.56 Å². The first kappa shape index (κ1) is 14.3. The number of aromatic nitrogens is 4. The zero-order valence-electron chi connectivity index (χ0n) is 12.6. The number of rotatable bonds is 2. The van der Waals surface area contributed by atoms with Gasteiger partial charge in [-0.25, -0.2) is 0 Å². The van der Waals surface area contributed by atoms with Crippen molar-refractivity contribution in [3.8, 4) is 11.4 Å². The Morgan fingerprint density at radius 2 is 2.00 bits per heavy atom. The zero-order valence-corrected chi connectivity index (χ0v) is 13.5. The van der Waals surface area contributed by atoms with Crippen molar-refractivity contribution >= 4 is 12.2 Å². The summed E-state index contributed by atoms with van der Waals surface area (Å²) in [7, 11) is 1.83. The molecule has 0 radical (unpaired) electrons. The highest BCUT2D eigenvalue weighted by molar-refractivity contribution is 7.71. The number of H-pyrrole nitrogens is 1. The van der Waals surface area contributed by atoms with Crippen LogP contribution in [0.15, 0.2) is 10.9 Å². The molecule has 1 aliphatic carbocycles. The van der Waals surface area contributed by atoms with Crippen LogP contribution < -0.4 is 5.56 Å². The lowest BCUT2D eigenvalue weighted by atomic mass is 10.1. The van der Waals surface area contributed by atoms with Crippen molar-refractivity contribution in [2.45, 2.75) is 45.6 Å². The number of hydrogen-bond acceptors (Lipinski definition) is 3. The molecule has 5 nitrogen and oxygen atoms in total. The molecule has 112 valence electrons. The highest BCUT2D eigenvalue weighted by Crippen LogP contribution is 2.30. The largest absolute Gasteiger partial charge is 0.309 e. The summed E-state index contributed by atoms with van der Waals surface area (Å²) in [5, 5.41) is 7.00. The molecule has 21 heavy (non-hydrogen) atoms. The number of nitrogens with one attached hydrogen (secondary N) is 1. The Hall–Kier alpha value is -1.69. The number of hydrogen-bond donors (Lipinski definition) is 1. The first-order valence-corrected chi connectivity index (χ1v) is 7.76. The van der Waals surface area contributed by atoms with E-state index in [1.165, 1.54) is 12.8 Å². The Morgan fingerprint density at radius 1 is 1.33 bits per heavy atom. The van der Waals surface area contributed by atoms with Crippen LogP contribution >= 0.6 is 12.2 Å². The summed E-state index contributed by atoms with van der Waals surface area (Å²) in [6.07, 6.45) is 4.57. The maximum Gasteiger partial charge on any atom is 0.262 e. The Bertz CT molecular complexity index is 793. The van der Waals surface area contributed by atoms with Gasteiger partial charge in [-0.1, -0.05) is 12.8 Å². The predicted molar refractivity (Wildman–Crippen MR) is 85.1 cm³/mol. The SMILES string of the molecule is Cc1cc(C)n(C2CCCC2)c(=O)c1-c1n[nH]c(=S)n1C. The fourth-order valence-electron chi connectivity index (χ4n) is 3.36. The number of nitrogens with zero attached hydrogens (tertiary/aromatic N) is 3. The molecule has 0 saturated heterocycles. The first-order valence-electron chi connectivity index (χ1n) is 7.35. The molecular formula is C15H20N4OS. The van der Waals surface area contributed by atoms with Gasteiger partial charge >= 0.3 is 0 Å². The molecule has 0 unspecified atom stereocenters. The zero-order chi connectivity index (χ0) is 15.1. The normalized spacial score (nSPS) is 15.8. The highest BCUT2D eigenvalue weighted by Gasteiger charge is 2.23. The van der Waals surface area contributed by atoms with Gasteiger partial charge in [0.05, 0.1) is 5.56 Å². The summed E-state index contributed by atoms with van der Waals surface area (Å²) < 4.78 is 4.23. The summed E-state index contributed by atoms with van der Waals surface area (Å²) in [5.74, 6) is 0.620. The van der Waals surface area contributed by atoms with E-state index in [1.54, 1.807) is 4.57 Å². The second kappa shape index (κ2) is 5.26. The summed E-state index contributed by atoms with van der Waals surface area (Å²) in [6, 6.07) is 2.40. The third kappa shape index (κ3) is 2.27. The van der Waals surface area contributed by atoms with Gasteiger partial charge in [-0.3, -0.25) is 9.89 Å². The van der Waals surface area contributed by atoms with Crippen molar-refractivity contribution in [1.82, 2.24) is 19.3 Å². The van der Waals surface area contributed by atoms with Crippen LogP contribution in [0.1, 0.15) is 43.0 Å². The van der Waals surface area contributed by atoms with Gasteiger partial charge in [0.2, 0.25) is 0 Å². The van der Waals surface area contributed by atoms with Crippen LogP contribution in [-0.4, -0.2) is 19.3 Å². The Kier molecular flexibility index (Phi) is 3.57. The van der Waals surface area contributed by atoms with E-state index in [9.17, 15) is 4.79 Å². The van der Waals surface area contributed by atoms with Crippen LogP contribution in [0.25, 0.3) is 11.4 Å². The van der Waals surface area contributed by atoms with E-state index >= 15 is 0 Å². The van der Waals surface area contributed by atoms with E-state index in [-0.39, 0.29) is 5.56 Å². The number of pyridine rings is 1. The van der Waals surface area contributed by atoms with Gasteiger partial charge < -0.3 is 9.13 Å². The van der Waals surface area contributed by atoms with Crippen LogP contribution in [0, 0.1) is 18.6 Å². The average molecular weight is 304 g/mol. The third-order valence-electron chi connectivity index (χ3n) is 4.43. The number of aryl methyl sites for hydroxylation is 2. The number of aromatic amines is 1. The van der Waals surface area contributed by atoms with Gasteiger partial charge in [0.1, 0.15) is 0 Å². The van der Waals surface area contributed by atoms with E-state index in [2.05, 4.69) is 16.3 Å². The molecule has 0 aromatic carbocycles. The molecule has 0 bridgehead atoms. The molecule has 0 atom stereocenters. The second-order valence-corrected chi connectivity index (χ2v) is 6.26. The molecule has 2 aromatic heterocycles. The van der Waals surface area contributed by atoms with Gasteiger partial charge in [0, 0.05) is 18.8 Å². The molecular weight excluding hydrogens is 284 g/mol. The van der Waals surface area contributed by atoms with Crippen molar-refractivity contribution < 1.29 is 0 Å². The van der Waals surface area contributed by atoms with E-state index < -0.39 is 0 Å². The van der Waals surface area contributed by atoms with Crippen LogP contribution in [0.2, 0.25) is 0 Å². The second-order valence-electron chi connectivity index (χ2n) is 5.87. The maximum atomic E-state index is 13.0. The minimum absolute atomic E-state index is 0.0523. The Morgan fingerprint density at radius 3 is 2.57 bits per heavy atom. The topological polar surface area (TPSA) is 55.6 Å². The molecule has 1 fully saturated rings. The van der Waals surface area contributed by atoms with Crippen molar-refractivity contribution in [2.75, 3.05) is 0 Å². The van der Waals surface area contributed by atoms with Crippen molar-refractivity contribution in [3.63, 3.8) is 0 Å². The van der Waals surface area contributed by atoms with E-state index in [4.69, 9.17) is 12.2 Å². The Labute approximate surface area is 128 Å². The Balaban J connectivity index is 2.26. The molecule has 1 aliphatic rings. The standard InChI is InChI=1S/C15H20N4OS/c1-9-8-10(2)19(11-6-4-5-7-11)14(20)12(9)13-16-17-15(21)18(13)3/h8,11H,4-7H2,1-3H3,(H,17,21). The van der Waals surface area contributed by atoms with Gasteiger partial charge in [-0.05, 0) is 50.5 Å². The van der Waals surface area contributed by atoms with Crippen molar-refractivity contribution in [2.24, 2.45) is 7.05 Å². The van der Waals surface area contributed by atoms with Crippen molar-refractivity contribution in [1.29, 1.82) is 0 Å². The lowest BCUT2D eigenvalue weighted by Crippen LogP contribution is -2.28. The van der Waals surface area contributed by atoms with Crippen LogP contribution in [0.5, 0.6) is 0 Å². The van der Waals surface area contributed by atoms with Crippen LogP contribution in [0.3, 0.4) is 0 Å². The van der Waals surface area contributed by atoms with E-state index in [0.29, 0.717) is 22.2 Å². The minimum atomic E-state index is 0.0523. The van der Waals surface area contributed by atoms with Gasteiger partial charge in [-0.2, -0.15) is 5.10 Å². The lowest BCUT2D eigenvalue weighted by molar-refractivity contribution is 0.491. The molecule has 0 amide bonds. The summed E-state index contributed by atoms with van der Waals surface area (Å²) in [4.78, 5) is 13.0. The smallest absolute Gasteiger partial charge is 0.262 e. The first-order chi connectivity index (χ1) is 10.0. The molecule has 2 aromatic rings. The predicted octanol–water partition coefficient (Wildman–Crippen LogP) is 3.04. The van der Waals surface area contributed by atoms with Crippen LogP contribution in [0.4, 0.5) is 0 Å². The van der Waals surface area contributed by atoms with Crippen LogP contribution in [-0.2, 0) is 7.05 Å². The molecule has 0 spiro atoms. The molecule has 1 N–H and O–H groups in total. The summed E-state index contributed by atoms with van der Waals surface area (Å²) in [6.45, 7) is 3.97. The summed E-state index contributed by atoms with van der Waals surface area (Å²) in [5.41, 5.74) is 2.69. The molecule has 6 heteroatoms. The van der Waals surface area contributed by atoms with Crippen molar-refractivity contribution in [3.05, 3.63) is 32.4 Å². The molecule has 1 saturated carbocycles. The lowest BCUT2D eigenvalue weighted by Gasteiger charge is -2.19. The van der Waals surface area contributed by atoms with E-state index in [1.807, 2.05) is 25.5 Å². The highest BCUT2D eigenvalue weighted by atomic mass is 32.1. The van der Waals surface area contributed by atoms with Gasteiger partial charge in [0.15, 0.2) is 10.6 Å². The summed E-state index contributed by atoms with van der Waals surface area (Å²) >= 11 is 5.16. The monoisotopic (exact) mass is 304 g/mol. The van der Waals surface area contributed by atoms with Gasteiger partial charge in [-0.15, -0.1) is 0 Å². The minimum Gasteiger partial charge on any atom is -0.309 e. The third-order valence-corrected chi connectivity index (χ3v) is 4.79. The maximum absolute atomic E-state index is 13.0. The molecule has 2 heterocycles. The fraction of sp³-hybridized carbons (Fsp3) is 0.533. The fourth-order valence-corrected chi connectivity index (χ4v) is 3.50. The van der Waals surface area contributed by atoms with E-state index in [0.717, 1.165) is 24.1 Å². The average Bonchev–Trinajstić information content (AvgIpc) is 3.04. The molecule has 0 aliphatic heterocycles.